The Hall–Kier alpha value is -1.68. The fourth-order valence-corrected chi connectivity index (χ4v) is 3.44. The number of aryl methyl sites for hydroxylation is 2. The lowest BCUT2D eigenvalue weighted by Gasteiger charge is -2.25. The predicted molar refractivity (Wildman–Crippen MR) is 112 cm³/mol. The number of allylic oxidation sites excluding steroid dienone is 4. The molecule has 0 bridgehead atoms. The molecule has 0 saturated heterocycles. The maximum atomic E-state index is 12.3. The molecule has 1 atom stereocenters. The molecule has 26 heavy (non-hydrogen) atoms. The monoisotopic (exact) mass is 375 g/mol. The third-order valence-electron chi connectivity index (χ3n) is 4.37. The molecule has 1 aromatic rings. The summed E-state index contributed by atoms with van der Waals surface area (Å²) in [5.74, 6) is -0.245. The second-order valence-electron chi connectivity index (χ2n) is 7.33. The average molecular weight is 376 g/mol. The molecule has 0 radical (unpaired) electrons. The number of esters is 1. The lowest BCUT2D eigenvalue weighted by Crippen LogP contribution is -2.30. The number of ether oxygens (including phenoxy) is 1. The van der Waals surface area contributed by atoms with E-state index in [1.54, 1.807) is 17.4 Å². The first-order valence-electron chi connectivity index (χ1n) is 9.22. The standard InChI is InChI=1S/C22H33NO2S/c1-8-22(7,14-10-13-17(4)12-9-11-16(2)3)25-21(24)15-20-23-18(5)19(6)26-20/h8,11,13H,1,9-10,12,14-15H2,2-7H3. The Bertz CT molecular complexity index is 661. The molecule has 0 saturated carbocycles. The normalized spacial score (nSPS) is 13.8. The van der Waals surface area contributed by atoms with E-state index in [2.05, 4.69) is 44.5 Å². The topological polar surface area (TPSA) is 39.2 Å². The summed E-state index contributed by atoms with van der Waals surface area (Å²) >= 11 is 1.56. The molecule has 0 spiro atoms. The zero-order valence-corrected chi connectivity index (χ0v) is 18.0. The number of aromatic nitrogens is 1. The Morgan fingerprint density at radius 1 is 1.23 bits per heavy atom. The minimum absolute atomic E-state index is 0.223. The minimum atomic E-state index is -0.644. The molecule has 1 aromatic heterocycles. The average Bonchev–Trinajstić information content (AvgIpc) is 2.84. The van der Waals surface area contributed by atoms with E-state index in [9.17, 15) is 4.79 Å². The number of carbonyl (C=O) groups is 1. The second-order valence-corrected chi connectivity index (χ2v) is 8.61. The Balaban J connectivity index is 2.52. The van der Waals surface area contributed by atoms with Gasteiger partial charge in [-0.15, -0.1) is 11.3 Å². The third kappa shape index (κ3) is 8.13. The molecule has 3 nitrogen and oxygen atoms in total. The van der Waals surface area contributed by atoms with E-state index in [0.29, 0.717) is 0 Å². The van der Waals surface area contributed by atoms with Crippen LogP contribution in [0.2, 0.25) is 0 Å². The van der Waals surface area contributed by atoms with Crippen molar-refractivity contribution in [1.29, 1.82) is 0 Å². The van der Waals surface area contributed by atoms with Crippen molar-refractivity contribution in [3.63, 3.8) is 0 Å². The maximum Gasteiger partial charge on any atom is 0.313 e. The van der Waals surface area contributed by atoms with Gasteiger partial charge in [0.15, 0.2) is 0 Å². The van der Waals surface area contributed by atoms with E-state index < -0.39 is 5.60 Å². The number of nitrogens with zero attached hydrogens (tertiary/aromatic N) is 1. The summed E-state index contributed by atoms with van der Waals surface area (Å²) in [6.07, 6.45) is 10.2. The van der Waals surface area contributed by atoms with Gasteiger partial charge in [-0.25, -0.2) is 4.98 Å². The van der Waals surface area contributed by atoms with Gasteiger partial charge in [0.1, 0.15) is 10.6 Å². The van der Waals surface area contributed by atoms with Crippen LogP contribution in [0.4, 0.5) is 0 Å². The summed E-state index contributed by atoms with van der Waals surface area (Å²) < 4.78 is 5.71. The van der Waals surface area contributed by atoms with Crippen LogP contribution in [0.5, 0.6) is 0 Å². The van der Waals surface area contributed by atoms with Gasteiger partial charge >= 0.3 is 5.97 Å². The van der Waals surface area contributed by atoms with Crippen molar-refractivity contribution >= 4 is 17.3 Å². The smallest absolute Gasteiger partial charge is 0.313 e. The van der Waals surface area contributed by atoms with Gasteiger partial charge in [-0.3, -0.25) is 4.79 Å². The fourth-order valence-electron chi connectivity index (χ4n) is 2.52. The third-order valence-corrected chi connectivity index (χ3v) is 5.44. The van der Waals surface area contributed by atoms with Crippen LogP contribution < -0.4 is 0 Å². The predicted octanol–water partition coefficient (Wildman–Crippen LogP) is 6.26. The highest BCUT2D eigenvalue weighted by atomic mass is 32.1. The molecule has 0 aliphatic rings. The highest BCUT2D eigenvalue weighted by molar-refractivity contribution is 7.11. The van der Waals surface area contributed by atoms with Crippen molar-refractivity contribution < 1.29 is 9.53 Å². The highest BCUT2D eigenvalue weighted by Gasteiger charge is 2.25. The summed E-state index contributed by atoms with van der Waals surface area (Å²) in [6, 6.07) is 0. The molecule has 1 heterocycles. The molecule has 1 unspecified atom stereocenters. The van der Waals surface area contributed by atoms with E-state index >= 15 is 0 Å². The Kier molecular flexibility index (Phi) is 9.00. The number of carbonyl (C=O) groups excluding carboxylic acids is 1. The van der Waals surface area contributed by atoms with Crippen LogP contribution in [0.1, 0.15) is 69.0 Å². The van der Waals surface area contributed by atoms with Crippen LogP contribution >= 0.6 is 11.3 Å². The van der Waals surface area contributed by atoms with Crippen molar-refractivity contribution in [1.82, 2.24) is 4.98 Å². The van der Waals surface area contributed by atoms with Gasteiger partial charge in [0, 0.05) is 4.88 Å². The van der Waals surface area contributed by atoms with Gasteiger partial charge in [-0.1, -0.05) is 29.9 Å². The largest absolute Gasteiger partial charge is 0.455 e. The summed E-state index contributed by atoms with van der Waals surface area (Å²) in [5.41, 5.74) is 3.07. The van der Waals surface area contributed by atoms with Crippen molar-refractivity contribution in [2.75, 3.05) is 0 Å². The summed E-state index contributed by atoms with van der Waals surface area (Å²) in [7, 11) is 0. The Morgan fingerprint density at radius 3 is 2.46 bits per heavy atom. The zero-order chi connectivity index (χ0) is 19.7. The molecule has 1 rings (SSSR count). The first kappa shape index (κ1) is 22.4. The summed E-state index contributed by atoms with van der Waals surface area (Å²) in [6.45, 7) is 16.2. The fraction of sp³-hybridized carbons (Fsp3) is 0.545. The Morgan fingerprint density at radius 2 is 1.92 bits per heavy atom. The van der Waals surface area contributed by atoms with E-state index in [0.717, 1.165) is 41.3 Å². The minimum Gasteiger partial charge on any atom is -0.455 e. The van der Waals surface area contributed by atoms with Crippen molar-refractivity contribution in [2.45, 2.75) is 79.2 Å². The van der Waals surface area contributed by atoms with Crippen LogP contribution in [-0.4, -0.2) is 16.6 Å². The van der Waals surface area contributed by atoms with Crippen LogP contribution in [0.15, 0.2) is 36.0 Å². The lowest BCUT2D eigenvalue weighted by atomic mass is 9.98. The van der Waals surface area contributed by atoms with Crippen LogP contribution in [0, 0.1) is 13.8 Å². The van der Waals surface area contributed by atoms with Gasteiger partial charge < -0.3 is 4.74 Å². The van der Waals surface area contributed by atoms with Gasteiger partial charge in [0.2, 0.25) is 0 Å². The van der Waals surface area contributed by atoms with Gasteiger partial charge in [-0.05, 0) is 73.3 Å². The maximum absolute atomic E-state index is 12.3. The van der Waals surface area contributed by atoms with Crippen molar-refractivity contribution in [3.05, 3.63) is 51.5 Å². The highest BCUT2D eigenvalue weighted by Crippen LogP contribution is 2.23. The summed E-state index contributed by atoms with van der Waals surface area (Å²) in [5, 5.41) is 0.812. The van der Waals surface area contributed by atoms with Crippen LogP contribution in [0.25, 0.3) is 0 Å². The molecule has 0 aliphatic carbocycles. The Labute approximate surface area is 162 Å². The van der Waals surface area contributed by atoms with Crippen LogP contribution in [-0.2, 0) is 16.0 Å². The number of hydrogen-bond donors (Lipinski definition) is 0. The van der Waals surface area contributed by atoms with Crippen molar-refractivity contribution in [3.8, 4) is 0 Å². The molecule has 0 amide bonds. The molecule has 0 aliphatic heterocycles. The first-order valence-corrected chi connectivity index (χ1v) is 10.0. The lowest BCUT2D eigenvalue weighted by molar-refractivity contribution is -0.153. The molecular formula is C22H33NO2S. The van der Waals surface area contributed by atoms with E-state index in [1.807, 2.05) is 20.8 Å². The van der Waals surface area contributed by atoms with Crippen LogP contribution in [0.3, 0.4) is 0 Å². The number of rotatable bonds is 10. The number of hydrogen-bond acceptors (Lipinski definition) is 4. The van der Waals surface area contributed by atoms with Gasteiger partial charge in [0.25, 0.3) is 0 Å². The molecular weight excluding hydrogens is 342 g/mol. The van der Waals surface area contributed by atoms with Gasteiger partial charge in [0.05, 0.1) is 12.1 Å². The van der Waals surface area contributed by atoms with E-state index in [-0.39, 0.29) is 12.4 Å². The summed E-state index contributed by atoms with van der Waals surface area (Å²) in [4.78, 5) is 17.8. The second kappa shape index (κ2) is 10.5. The molecule has 4 heteroatoms. The molecule has 0 N–H and O–H groups in total. The first-order chi connectivity index (χ1) is 12.1. The molecule has 0 fully saturated rings. The number of thiazole rings is 1. The SMILES string of the molecule is C=CC(C)(CCC=C(C)CCC=C(C)C)OC(=O)Cc1nc(C)c(C)s1. The molecule has 144 valence electrons. The van der Waals surface area contributed by atoms with E-state index in [4.69, 9.17) is 4.74 Å². The van der Waals surface area contributed by atoms with Gasteiger partial charge in [-0.2, -0.15) is 0 Å². The van der Waals surface area contributed by atoms with Crippen molar-refractivity contribution in [2.24, 2.45) is 0 Å². The zero-order valence-electron chi connectivity index (χ0n) is 17.1. The quantitative estimate of drug-likeness (QED) is 0.358. The molecule has 0 aromatic carbocycles. The van der Waals surface area contributed by atoms with E-state index in [1.165, 1.54) is 11.1 Å².